The molecule has 0 aliphatic carbocycles. The molecular formula is C21H28N2O4. The van der Waals surface area contributed by atoms with Crippen LogP contribution in [0.2, 0.25) is 0 Å². The van der Waals surface area contributed by atoms with Gasteiger partial charge in [0.1, 0.15) is 24.7 Å². The average Bonchev–Trinajstić information content (AvgIpc) is 3.04. The molecule has 1 aromatic heterocycles. The van der Waals surface area contributed by atoms with Crippen molar-refractivity contribution in [1.82, 2.24) is 9.80 Å². The van der Waals surface area contributed by atoms with E-state index in [1.54, 1.807) is 4.90 Å². The van der Waals surface area contributed by atoms with Crippen LogP contribution in [0.15, 0.2) is 46.9 Å². The largest absolute Gasteiger partial charge is 0.464 e. The molecule has 6 nitrogen and oxygen atoms in total. The molecule has 0 radical (unpaired) electrons. The van der Waals surface area contributed by atoms with E-state index in [9.17, 15) is 9.59 Å². The minimum absolute atomic E-state index is 0.00633. The lowest BCUT2D eigenvalue weighted by molar-refractivity contribution is -0.145. The summed E-state index contributed by atoms with van der Waals surface area (Å²) in [5.74, 6) is 1.19. The number of hydrogen-bond acceptors (Lipinski definition) is 4. The van der Waals surface area contributed by atoms with Crippen LogP contribution in [-0.4, -0.2) is 47.9 Å². The van der Waals surface area contributed by atoms with Crippen molar-refractivity contribution in [2.75, 3.05) is 20.3 Å². The monoisotopic (exact) mass is 372 g/mol. The van der Waals surface area contributed by atoms with Crippen molar-refractivity contribution in [3.05, 3.63) is 59.5 Å². The number of carbonyl (C=O) groups excluding carboxylic acids is 2. The van der Waals surface area contributed by atoms with Gasteiger partial charge in [0.25, 0.3) is 0 Å². The van der Waals surface area contributed by atoms with Gasteiger partial charge >= 0.3 is 0 Å². The van der Waals surface area contributed by atoms with Gasteiger partial charge < -0.3 is 19.0 Å². The molecule has 0 fully saturated rings. The summed E-state index contributed by atoms with van der Waals surface area (Å²) in [6.45, 7) is 6.41. The summed E-state index contributed by atoms with van der Waals surface area (Å²) < 4.78 is 10.6. The van der Waals surface area contributed by atoms with Crippen LogP contribution in [0.25, 0.3) is 0 Å². The van der Waals surface area contributed by atoms with Crippen LogP contribution >= 0.6 is 0 Å². The minimum atomic E-state index is -0.200. The Hall–Kier alpha value is -2.60. The van der Waals surface area contributed by atoms with Gasteiger partial charge in [0.15, 0.2) is 0 Å². The van der Waals surface area contributed by atoms with Crippen molar-refractivity contribution in [2.45, 2.75) is 39.9 Å². The molecule has 0 saturated heterocycles. The van der Waals surface area contributed by atoms with E-state index < -0.39 is 0 Å². The van der Waals surface area contributed by atoms with Gasteiger partial charge in [-0.3, -0.25) is 9.59 Å². The summed E-state index contributed by atoms with van der Waals surface area (Å²) in [4.78, 5) is 28.6. The lowest BCUT2D eigenvalue weighted by Crippen LogP contribution is -2.46. The highest BCUT2D eigenvalue weighted by atomic mass is 16.5. The van der Waals surface area contributed by atoms with Gasteiger partial charge in [-0.1, -0.05) is 30.3 Å². The summed E-state index contributed by atoms with van der Waals surface area (Å²) in [7, 11) is 1.47. The molecule has 0 unspecified atom stereocenters. The van der Waals surface area contributed by atoms with E-state index in [4.69, 9.17) is 9.15 Å². The third kappa shape index (κ3) is 6.25. The summed E-state index contributed by atoms with van der Waals surface area (Å²) in [6, 6.07) is 13.4. The average molecular weight is 372 g/mol. The molecule has 1 aromatic carbocycles. The topological polar surface area (TPSA) is 63.0 Å². The Kier molecular flexibility index (Phi) is 7.61. The molecular weight excluding hydrogens is 344 g/mol. The second kappa shape index (κ2) is 9.92. The first-order valence-corrected chi connectivity index (χ1v) is 9.06. The maximum atomic E-state index is 13.0. The third-order valence-corrected chi connectivity index (χ3v) is 4.23. The number of methoxy groups -OCH3 is 1. The number of carbonyl (C=O) groups is 2. The van der Waals surface area contributed by atoms with Crippen LogP contribution in [0.3, 0.4) is 0 Å². The predicted molar refractivity (Wildman–Crippen MR) is 103 cm³/mol. The Bertz CT molecular complexity index is 740. The molecule has 0 aliphatic heterocycles. The second-order valence-corrected chi connectivity index (χ2v) is 6.80. The highest BCUT2D eigenvalue weighted by Crippen LogP contribution is 2.14. The molecule has 27 heavy (non-hydrogen) atoms. The first kappa shape index (κ1) is 20.7. The van der Waals surface area contributed by atoms with Crippen molar-refractivity contribution < 1.29 is 18.7 Å². The van der Waals surface area contributed by atoms with E-state index in [0.717, 1.165) is 17.1 Å². The van der Waals surface area contributed by atoms with Gasteiger partial charge in [-0.2, -0.15) is 0 Å². The molecule has 0 aliphatic rings. The standard InChI is InChI=1S/C21H28N2O4/c1-16(2)23(21(25)15-26-4)14-20(24)22(12-18-8-6-5-7-9-18)13-19-11-10-17(3)27-19/h5-11,16H,12-15H2,1-4H3. The molecule has 146 valence electrons. The first-order chi connectivity index (χ1) is 12.9. The highest BCUT2D eigenvalue weighted by Gasteiger charge is 2.24. The molecule has 0 spiro atoms. The number of furan rings is 1. The molecule has 0 saturated carbocycles. The summed E-state index contributed by atoms with van der Waals surface area (Å²) in [6.07, 6.45) is 0. The number of aryl methyl sites for hydroxylation is 1. The van der Waals surface area contributed by atoms with E-state index in [0.29, 0.717) is 13.1 Å². The van der Waals surface area contributed by atoms with Crippen molar-refractivity contribution >= 4 is 11.8 Å². The lowest BCUT2D eigenvalue weighted by Gasteiger charge is -2.29. The quantitative estimate of drug-likeness (QED) is 0.679. The number of benzene rings is 1. The predicted octanol–water partition coefficient (Wildman–Crippen LogP) is 3.00. The van der Waals surface area contributed by atoms with Gasteiger partial charge in [0, 0.05) is 19.7 Å². The van der Waals surface area contributed by atoms with E-state index in [2.05, 4.69) is 0 Å². The van der Waals surface area contributed by atoms with Crippen molar-refractivity contribution in [3.8, 4) is 0 Å². The fraction of sp³-hybridized carbons (Fsp3) is 0.429. The number of ether oxygens (including phenoxy) is 1. The fourth-order valence-electron chi connectivity index (χ4n) is 2.81. The SMILES string of the molecule is COCC(=O)N(CC(=O)N(Cc1ccccc1)Cc1ccc(C)o1)C(C)C. The number of nitrogens with zero attached hydrogens (tertiary/aromatic N) is 2. The zero-order valence-corrected chi connectivity index (χ0v) is 16.5. The Balaban J connectivity index is 2.17. The van der Waals surface area contributed by atoms with Crippen molar-refractivity contribution in [2.24, 2.45) is 0 Å². The molecule has 2 amide bonds. The van der Waals surface area contributed by atoms with Crippen LogP contribution in [0.4, 0.5) is 0 Å². The number of rotatable bonds is 9. The number of hydrogen-bond donors (Lipinski definition) is 0. The van der Waals surface area contributed by atoms with Crippen LogP contribution in [-0.2, 0) is 27.4 Å². The third-order valence-electron chi connectivity index (χ3n) is 4.23. The molecule has 0 atom stereocenters. The van der Waals surface area contributed by atoms with E-state index in [-0.39, 0.29) is 31.0 Å². The summed E-state index contributed by atoms with van der Waals surface area (Å²) in [5, 5.41) is 0. The van der Waals surface area contributed by atoms with Gasteiger partial charge in [0.05, 0.1) is 6.54 Å². The Morgan fingerprint density at radius 3 is 2.30 bits per heavy atom. The highest BCUT2D eigenvalue weighted by molar-refractivity contribution is 5.85. The smallest absolute Gasteiger partial charge is 0.249 e. The van der Waals surface area contributed by atoms with Crippen LogP contribution < -0.4 is 0 Å². The second-order valence-electron chi connectivity index (χ2n) is 6.80. The van der Waals surface area contributed by atoms with Gasteiger partial charge in [-0.15, -0.1) is 0 Å². The number of amides is 2. The molecule has 2 aromatic rings. The molecule has 1 heterocycles. The summed E-state index contributed by atoms with van der Waals surface area (Å²) in [5.41, 5.74) is 1.02. The normalized spacial score (nSPS) is 10.9. The maximum absolute atomic E-state index is 13.0. The van der Waals surface area contributed by atoms with E-state index in [1.165, 1.54) is 12.0 Å². The van der Waals surface area contributed by atoms with E-state index >= 15 is 0 Å². The minimum Gasteiger partial charge on any atom is -0.464 e. The molecule has 0 N–H and O–H groups in total. The molecule has 2 rings (SSSR count). The van der Waals surface area contributed by atoms with Gasteiger partial charge in [0.2, 0.25) is 11.8 Å². The Morgan fingerprint density at radius 1 is 1.04 bits per heavy atom. The van der Waals surface area contributed by atoms with Gasteiger partial charge in [-0.05, 0) is 38.5 Å². The van der Waals surface area contributed by atoms with Crippen LogP contribution in [0.5, 0.6) is 0 Å². The first-order valence-electron chi connectivity index (χ1n) is 9.06. The fourth-order valence-corrected chi connectivity index (χ4v) is 2.81. The van der Waals surface area contributed by atoms with Crippen LogP contribution in [0, 0.1) is 6.92 Å². The maximum Gasteiger partial charge on any atom is 0.249 e. The van der Waals surface area contributed by atoms with Crippen molar-refractivity contribution in [3.63, 3.8) is 0 Å². The molecule has 6 heteroatoms. The van der Waals surface area contributed by atoms with Gasteiger partial charge in [-0.25, -0.2) is 0 Å². The summed E-state index contributed by atoms with van der Waals surface area (Å²) >= 11 is 0. The molecule has 0 bridgehead atoms. The Morgan fingerprint density at radius 2 is 1.74 bits per heavy atom. The lowest BCUT2D eigenvalue weighted by atomic mass is 10.2. The zero-order valence-electron chi connectivity index (χ0n) is 16.5. The Labute approximate surface area is 160 Å². The van der Waals surface area contributed by atoms with E-state index in [1.807, 2.05) is 63.2 Å². The zero-order chi connectivity index (χ0) is 19.8. The van der Waals surface area contributed by atoms with Crippen molar-refractivity contribution in [1.29, 1.82) is 0 Å². The van der Waals surface area contributed by atoms with Crippen LogP contribution in [0.1, 0.15) is 30.9 Å².